The Bertz CT molecular complexity index is 846. The van der Waals surface area contributed by atoms with E-state index in [2.05, 4.69) is 5.32 Å². The van der Waals surface area contributed by atoms with Crippen LogP contribution < -0.4 is 10.1 Å². The molecule has 0 atom stereocenters. The van der Waals surface area contributed by atoms with E-state index in [0.717, 1.165) is 22.6 Å². The molecular weight excluding hydrogens is 334 g/mol. The minimum absolute atomic E-state index is 0.179. The van der Waals surface area contributed by atoms with E-state index >= 15 is 0 Å². The fourth-order valence-electron chi connectivity index (χ4n) is 2.50. The summed E-state index contributed by atoms with van der Waals surface area (Å²) in [6.07, 6.45) is 1.29. The highest BCUT2D eigenvalue weighted by molar-refractivity contribution is 6.15. The van der Waals surface area contributed by atoms with Gasteiger partial charge in [-0.1, -0.05) is 24.3 Å². The highest BCUT2D eigenvalue weighted by atomic mass is 16.7. The first-order chi connectivity index (χ1) is 12.4. The summed E-state index contributed by atoms with van der Waals surface area (Å²) in [6, 6.07) is 15.3. The van der Waals surface area contributed by atoms with Crippen LogP contribution in [0.1, 0.15) is 13.8 Å². The Morgan fingerprint density at radius 3 is 2.23 bits per heavy atom. The molecule has 0 aromatic heterocycles. The monoisotopic (exact) mass is 353 g/mol. The molecule has 2 aromatic carbocycles. The summed E-state index contributed by atoms with van der Waals surface area (Å²) < 4.78 is 15.3. The SMILES string of the molecule is COc1cccc(-c2ccc(NC=C3C(=O)OC(C)(C)OC3=O)cc2)c1. The molecule has 0 unspecified atom stereocenters. The first kappa shape index (κ1) is 17.5. The molecule has 0 spiro atoms. The molecule has 26 heavy (non-hydrogen) atoms. The molecule has 2 aromatic rings. The number of methoxy groups -OCH3 is 1. The van der Waals surface area contributed by atoms with Crippen molar-refractivity contribution in [3.05, 3.63) is 60.3 Å². The third kappa shape index (κ3) is 3.85. The van der Waals surface area contributed by atoms with Gasteiger partial charge >= 0.3 is 11.9 Å². The van der Waals surface area contributed by atoms with Gasteiger partial charge in [0.25, 0.3) is 5.79 Å². The Labute approximate surface area is 151 Å². The lowest BCUT2D eigenvalue weighted by Gasteiger charge is -2.29. The Balaban J connectivity index is 1.73. The minimum atomic E-state index is -1.25. The second-order valence-corrected chi connectivity index (χ2v) is 6.19. The number of hydrogen-bond acceptors (Lipinski definition) is 6. The lowest BCUT2D eigenvalue weighted by Crippen LogP contribution is -2.42. The standard InChI is InChI=1S/C20H19NO5/c1-20(2)25-18(22)17(19(23)26-20)12-21-15-9-7-13(8-10-15)14-5-4-6-16(11-14)24-3/h4-12,21H,1-3H3. The highest BCUT2D eigenvalue weighted by Gasteiger charge is 2.38. The smallest absolute Gasteiger partial charge is 0.350 e. The van der Waals surface area contributed by atoms with Crippen molar-refractivity contribution < 1.29 is 23.8 Å². The van der Waals surface area contributed by atoms with Crippen LogP contribution >= 0.6 is 0 Å². The Kier molecular flexibility index (Phi) is 4.67. The molecule has 134 valence electrons. The van der Waals surface area contributed by atoms with Gasteiger partial charge < -0.3 is 19.5 Å². The average molecular weight is 353 g/mol. The zero-order chi connectivity index (χ0) is 18.7. The van der Waals surface area contributed by atoms with Crippen LogP contribution in [0.5, 0.6) is 5.75 Å². The lowest BCUT2D eigenvalue weighted by atomic mass is 10.1. The van der Waals surface area contributed by atoms with Crippen LogP contribution in [0.4, 0.5) is 5.69 Å². The van der Waals surface area contributed by atoms with Crippen LogP contribution in [0.15, 0.2) is 60.3 Å². The van der Waals surface area contributed by atoms with Gasteiger partial charge in [0.05, 0.1) is 7.11 Å². The van der Waals surface area contributed by atoms with Gasteiger partial charge in [-0.25, -0.2) is 9.59 Å². The summed E-state index contributed by atoms with van der Waals surface area (Å²) >= 11 is 0. The molecule has 1 saturated heterocycles. The molecule has 0 amide bonds. The first-order valence-corrected chi connectivity index (χ1v) is 8.06. The third-order valence-corrected chi connectivity index (χ3v) is 3.79. The molecule has 0 aliphatic carbocycles. The van der Waals surface area contributed by atoms with Crippen LogP contribution in [0.2, 0.25) is 0 Å². The van der Waals surface area contributed by atoms with Crippen LogP contribution in [-0.2, 0) is 19.1 Å². The predicted molar refractivity (Wildman–Crippen MR) is 96.4 cm³/mol. The van der Waals surface area contributed by atoms with Crippen LogP contribution in [0.25, 0.3) is 11.1 Å². The molecule has 1 aliphatic rings. The van der Waals surface area contributed by atoms with Crippen molar-refractivity contribution in [3.8, 4) is 16.9 Å². The molecule has 0 bridgehead atoms. The Morgan fingerprint density at radius 1 is 0.962 bits per heavy atom. The molecule has 1 N–H and O–H groups in total. The van der Waals surface area contributed by atoms with Gasteiger partial charge in [-0.05, 0) is 35.4 Å². The number of cyclic esters (lactones) is 2. The van der Waals surface area contributed by atoms with E-state index in [1.807, 2.05) is 48.5 Å². The van der Waals surface area contributed by atoms with E-state index in [1.165, 1.54) is 20.0 Å². The highest BCUT2D eigenvalue weighted by Crippen LogP contribution is 2.26. The quantitative estimate of drug-likeness (QED) is 0.515. The van der Waals surface area contributed by atoms with E-state index in [-0.39, 0.29) is 5.57 Å². The molecule has 6 heteroatoms. The molecule has 1 heterocycles. The van der Waals surface area contributed by atoms with E-state index < -0.39 is 17.7 Å². The summed E-state index contributed by atoms with van der Waals surface area (Å²) in [4.78, 5) is 23.8. The number of benzene rings is 2. The largest absolute Gasteiger partial charge is 0.497 e. The molecule has 0 saturated carbocycles. The van der Waals surface area contributed by atoms with Gasteiger partial charge in [0.15, 0.2) is 5.57 Å². The zero-order valence-electron chi connectivity index (χ0n) is 14.7. The second-order valence-electron chi connectivity index (χ2n) is 6.19. The van der Waals surface area contributed by atoms with Gasteiger partial charge in [0.1, 0.15) is 5.75 Å². The van der Waals surface area contributed by atoms with Crippen molar-refractivity contribution in [2.75, 3.05) is 12.4 Å². The van der Waals surface area contributed by atoms with Gasteiger partial charge in [-0.3, -0.25) is 0 Å². The molecule has 1 aliphatic heterocycles. The first-order valence-electron chi connectivity index (χ1n) is 8.06. The van der Waals surface area contributed by atoms with Crippen LogP contribution in [0.3, 0.4) is 0 Å². The fraction of sp³-hybridized carbons (Fsp3) is 0.200. The van der Waals surface area contributed by atoms with Gasteiger partial charge in [-0.15, -0.1) is 0 Å². The maximum atomic E-state index is 11.9. The van der Waals surface area contributed by atoms with Crippen LogP contribution in [0, 0.1) is 0 Å². The summed E-state index contributed by atoms with van der Waals surface area (Å²) in [5, 5.41) is 2.92. The number of ether oxygens (including phenoxy) is 3. The summed E-state index contributed by atoms with van der Waals surface area (Å²) in [5.41, 5.74) is 2.58. The van der Waals surface area contributed by atoms with Gasteiger partial charge in [0.2, 0.25) is 0 Å². The second kappa shape index (κ2) is 6.92. The van der Waals surface area contributed by atoms with Crippen molar-refractivity contribution in [3.63, 3.8) is 0 Å². The topological polar surface area (TPSA) is 73.9 Å². The van der Waals surface area contributed by atoms with Gasteiger partial charge in [-0.2, -0.15) is 0 Å². The van der Waals surface area contributed by atoms with Crippen LogP contribution in [-0.4, -0.2) is 24.8 Å². The molecule has 3 rings (SSSR count). The Hall–Kier alpha value is -3.28. The molecular formula is C20H19NO5. The van der Waals surface area contributed by atoms with Crippen molar-refractivity contribution in [1.82, 2.24) is 0 Å². The number of esters is 2. The summed E-state index contributed by atoms with van der Waals surface area (Å²) in [7, 11) is 1.63. The summed E-state index contributed by atoms with van der Waals surface area (Å²) in [5.74, 6) is -1.89. The number of carbonyl (C=O) groups is 2. The normalized spacial score (nSPS) is 15.7. The van der Waals surface area contributed by atoms with E-state index in [0.29, 0.717) is 0 Å². The zero-order valence-corrected chi connectivity index (χ0v) is 14.7. The maximum Gasteiger partial charge on any atom is 0.350 e. The number of rotatable bonds is 4. The third-order valence-electron chi connectivity index (χ3n) is 3.79. The molecule has 6 nitrogen and oxygen atoms in total. The number of carbonyl (C=O) groups excluding carboxylic acids is 2. The van der Waals surface area contributed by atoms with E-state index in [9.17, 15) is 9.59 Å². The van der Waals surface area contributed by atoms with Crippen molar-refractivity contribution in [1.29, 1.82) is 0 Å². The summed E-state index contributed by atoms with van der Waals surface area (Å²) in [6.45, 7) is 3.01. The van der Waals surface area contributed by atoms with Crippen molar-refractivity contribution >= 4 is 17.6 Å². The number of anilines is 1. The van der Waals surface area contributed by atoms with Gasteiger partial charge in [0, 0.05) is 25.7 Å². The predicted octanol–water partition coefficient (Wildman–Crippen LogP) is 3.49. The van der Waals surface area contributed by atoms with E-state index in [1.54, 1.807) is 7.11 Å². The Morgan fingerprint density at radius 2 is 1.62 bits per heavy atom. The van der Waals surface area contributed by atoms with E-state index in [4.69, 9.17) is 14.2 Å². The molecule has 1 fully saturated rings. The van der Waals surface area contributed by atoms with Crippen molar-refractivity contribution in [2.24, 2.45) is 0 Å². The minimum Gasteiger partial charge on any atom is -0.497 e. The maximum absolute atomic E-state index is 11.9. The van der Waals surface area contributed by atoms with Crippen molar-refractivity contribution in [2.45, 2.75) is 19.6 Å². The fourth-order valence-corrected chi connectivity index (χ4v) is 2.50. The lowest BCUT2D eigenvalue weighted by molar-refractivity contribution is -0.222. The number of hydrogen-bond donors (Lipinski definition) is 1. The molecule has 0 radical (unpaired) electrons. The average Bonchev–Trinajstić information content (AvgIpc) is 2.60. The number of nitrogens with one attached hydrogen (secondary N) is 1.